The Bertz CT molecular complexity index is 816. The average molecular weight is 441 g/mol. The molecule has 0 spiro atoms. The van der Waals surface area contributed by atoms with Crippen molar-refractivity contribution in [1.82, 2.24) is 0 Å². The molecule has 162 valence electrons. The van der Waals surface area contributed by atoms with Gasteiger partial charge in [0.05, 0.1) is 12.5 Å². The van der Waals surface area contributed by atoms with Crippen LogP contribution in [0.5, 0.6) is 0 Å². The molecule has 0 bridgehead atoms. The molecular formula is C20H22ClF5O3. The second-order valence-corrected chi connectivity index (χ2v) is 8.12. The van der Waals surface area contributed by atoms with Crippen molar-refractivity contribution in [1.29, 1.82) is 0 Å². The first-order valence-electron chi connectivity index (χ1n) is 8.81. The number of methoxy groups -OCH3 is 1. The summed E-state index contributed by atoms with van der Waals surface area (Å²) in [6, 6.07) is 0. The van der Waals surface area contributed by atoms with E-state index < -0.39 is 52.7 Å². The summed E-state index contributed by atoms with van der Waals surface area (Å²) in [6.07, 6.45) is -3.88. The van der Waals surface area contributed by atoms with Crippen molar-refractivity contribution in [3.8, 4) is 0 Å². The molecule has 0 radical (unpaired) electrons. The zero-order valence-electron chi connectivity index (χ0n) is 16.6. The van der Waals surface area contributed by atoms with Gasteiger partial charge in [0.2, 0.25) is 0 Å². The van der Waals surface area contributed by atoms with Crippen LogP contribution in [0.15, 0.2) is 11.1 Å². The number of halogens is 6. The van der Waals surface area contributed by atoms with E-state index in [9.17, 15) is 26.7 Å². The van der Waals surface area contributed by atoms with Crippen LogP contribution in [0, 0.1) is 42.7 Å². The Balaban J connectivity index is 2.18. The van der Waals surface area contributed by atoms with Gasteiger partial charge < -0.3 is 9.47 Å². The summed E-state index contributed by atoms with van der Waals surface area (Å²) in [6.45, 7) is 5.46. The van der Waals surface area contributed by atoms with Crippen LogP contribution in [-0.4, -0.2) is 19.3 Å². The zero-order valence-corrected chi connectivity index (χ0v) is 17.4. The first kappa shape index (κ1) is 23.6. The molecule has 0 aromatic heterocycles. The van der Waals surface area contributed by atoms with Crippen LogP contribution < -0.4 is 0 Å². The Labute approximate surface area is 170 Å². The van der Waals surface area contributed by atoms with Crippen molar-refractivity contribution >= 4 is 17.6 Å². The predicted molar refractivity (Wildman–Crippen MR) is 97.1 cm³/mol. The fourth-order valence-corrected chi connectivity index (χ4v) is 3.64. The van der Waals surface area contributed by atoms with E-state index in [1.165, 1.54) is 21.0 Å². The molecule has 29 heavy (non-hydrogen) atoms. The zero-order chi connectivity index (χ0) is 22.3. The van der Waals surface area contributed by atoms with Gasteiger partial charge in [0, 0.05) is 18.2 Å². The molecule has 1 aromatic rings. The molecule has 3 nitrogen and oxygen atoms in total. The Morgan fingerprint density at radius 2 is 1.62 bits per heavy atom. The van der Waals surface area contributed by atoms with Crippen LogP contribution in [0.1, 0.15) is 36.1 Å². The Morgan fingerprint density at radius 1 is 1.10 bits per heavy atom. The maximum atomic E-state index is 14.4. The summed E-state index contributed by atoms with van der Waals surface area (Å²) >= 11 is 5.27. The number of esters is 1. The number of ether oxygens (including phenoxy) is 2. The molecular weight excluding hydrogens is 419 g/mol. The highest BCUT2D eigenvalue weighted by Crippen LogP contribution is 2.60. The van der Waals surface area contributed by atoms with E-state index in [2.05, 4.69) is 0 Å². The standard InChI is InChI=1S/C20H22ClF5O3/c1-9-11(10(2)17(23)12(7-28-5)16(9)22)8-29-18(27)15-13(19(15,3)4)6-14(21)20(24,25)26/h6,13,15H,7-8H2,1-5H3/b14-6-/t13-,15-/m1/s1. The normalized spacial score (nSPS) is 21.3. The quantitative estimate of drug-likeness (QED) is 0.418. The highest BCUT2D eigenvalue weighted by molar-refractivity contribution is 6.30. The average Bonchev–Trinajstić information content (AvgIpc) is 3.16. The lowest BCUT2D eigenvalue weighted by atomic mass is 9.98. The van der Waals surface area contributed by atoms with Gasteiger partial charge in [-0.1, -0.05) is 31.5 Å². The summed E-state index contributed by atoms with van der Waals surface area (Å²) in [7, 11) is 1.31. The van der Waals surface area contributed by atoms with E-state index >= 15 is 0 Å². The number of allylic oxidation sites excluding steroid dienone is 2. The predicted octanol–water partition coefficient (Wildman–Crippen LogP) is 5.73. The summed E-state index contributed by atoms with van der Waals surface area (Å²) in [4.78, 5) is 12.4. The van der Waals surface area contributed by atoms with Crippen LogP contribution in [0.3, 0.4) is 0 Å². The maximum absolute atomic E-state index is 14.4. The minimum atomic E-state index is -4.69. The third-order valence-electron chi connectivity index (χ3n) is 5.50. The monoisotopic (exact) mass is 440 g/mol. The molecule has 0 heterocycles. The van der Waals surface area contributed by atoms with E-state index in [0.29, 0.717) is 0 Å². The lowest BCUT2D eigenvalue weighted by molar-refractivity contribution is -0.147. The summed E-state index contributed by atoms with van der Waals surface area (Å²) < 4.78 is 76.8. The third-order valence-corrected chi connectivity index (χ3v) is 5.84. The highest BCUT2D eigenvalue weighted by Gasteiger charge is 2.62. The Kier molecular flexibility index (Phi) is 6.69. The third kappa shape index (κ3) is 4.58. The molecule has 1 saturated carbocycles. The number of hydrogen-bond acceptors (Lipinski definition) is 3. The first-order chi connectivity index (χ1) is 13.2. The summed E-state index contributed by atoms with van der Waals surface area (Å²) in [5, 5.41) is -1.30. The topological polar surface area (TPSA) is 35.5 Å². The van der Waals surface area contributed by atoms with E-state index in [1.54, 1.807) is 13.8 Å². The van der Waals surface area contributed by atoms with Gasteiger partial charge in [-0.05, 0) is 36.3 Å². The second-order valence-electron chi connectivity index (χ2n) is 7.71. The SMILES string of the molecule is COCc1c(F)c(C)c(COC(=O)[C@H]2[C@@H](/C=C(\Cl)C(F)(F)F)C2(C)C)c(C)c1F. The lowest BCUT2D eigenvalue weighted by Gasteiger charge is -2.16. The molecule has 2 rings (SSSR count). The van der Waals surface area contributed by atoms with Crippen molar-refractivity contribution in [2.45, 2.75) is 47.1 Å². The number of carbonyl (C=O) groups excluding carboxylic acids is 1. The number of benzene rings is 1. The summed E-state index contributed by atoms with van der Waals surface area (Å²) in [5.74, 6) is -3.90. The minimum absolute atomic E-state index is 0.121. The largest absolute Gasteiger partial charge is 0.461 e. The number of hydrogen-bond donors (Lipinski definition) is 0. The molecule has 9 heteroatoms. The van der Waals surface area contributed by atoms with Gasteiger partial charge in [-0.25, -0.2) is 8.78 Å². The van der Waals surface area contributed by atoms with Crippen LogP contribution in [0.25, 0.3) is 0 Å². The molecule has 1 aliphatic rings. The van der Waals surface area contributed by atoms with E-state index in [0.717, 1.165) is 6.08 Å². The number of carbonyl (C=O) groups is 1. The van der Waals surface area contributed by atoms with Crippen molar-refractivity contribution in [2.75, 3.05) is 7.11 Å². The van der Waals surface area contributed by atoms with Gasteiger partial charge in [-0.2, -0.15) is 13.2 Å². The molecule has 0 unspecified atom stereocenters. The van der Waals surface area contributed by atoms with Crippen LogP contribution in [0.4, 0.5) is 22.0 Å². The van der Waals surface area contributed by atoms with E-state index in [4.69, 9.17) is 21.1 Å². The summed E-state index contributed by atoms with van der Waals surface area (Å²) in [5.41, 5.74) is -0.573. The molecule has 1 fully saturated rings. The van der Waals surface area contributed by atoms with Crippen molar-refractivity contribution in [2.24, 2.45) is 17.3 Å². The molecule has 1 aromatic carbocycles. The first-order valence-corrected chi connectivity index (χ1v) is 9.18. The fourth-order valence-electron chi connectivity index (χ4n) is 3.51. The van der Waals surface area contributed by atoms with Gasteiger partial charge in [-0.3, -0.25) is 4.79 Å². The van der Waals surface area contributed by atoms with E-state index in [-0.39, 0.29) is 28.9 Å². The molecule has 0 aliphatic heterocycles. The highest BCUT2D eigenvalue weighted by atomic mass is 35.5. The maximum Gasteiger partial charge on any atom is 0.426 e. The second kappa shape index (κ2) is 8.22. The molecule has 2 atom stereocenters. The van der Waals surface area contributed by atoms with Crippen LogP contribution >= 0.6 is 11.6 Å². The lowest BCUT2D eigenvalue weighted by Crippen LogP contribution is -2.14. The van der Waals surface area contributed by atoms with E-state index in [1.807, 2.05) is 0 Å². The molecule has 1 aliphatic carbocycles. The Morgan fingerprint density at radius 3 is 2.07 bits per heavy atom. The minimum Gasteiger partial charge on any atom is -0.461 e. The van der Waals surface area contributed by atoms with Gasteiger partial charge in [0.25, 0.3) is 0 Å². The van der Waals surface area contributed by atoms with Crippen molar-refractivity contribution < 1.29 is 36.2 Å². The van der Waals surface area contributed by atoms with Gasteiger partial charge in [-0.15, -0.1) is 0 Å². The van der Waals surface area contributed by atoms with Crippen LogP contribution in [-0.2, 0) is 27.5 Å². The van der Waals surface area contributed by atoms with Gasteiger partial charge >= 0.3 is 12.1 Å². The van der Waals surface area contributed by atoms with Gasteiger partial charge in [0.1, 0.15) is 23.3 Å². The number of rotatable bonds is 6. The fraction of sp³-hybridized carbons (Fsp3) is 0.550. The molecule has 0 N–H and O–H groups in total. The van der Waals surface area contributed by atoms with Crippen molar-refractivity contribution in [3.63, 3.8) is 0 Å². The molecule has 0 saturated heterocycles. The van der Waals surface area contributed by atoms with Crippen LogP contribution in [0.2, 0.25) is 0 Å². The van der Waals surface area contributed by atoms with Crippen molar-refractivity contribution in [3.05, 3.63) is 45.0 Å². The Hall–Kier alpha value is -1.67. The van der Waals surface area contributed by atoms with Gasteiger partial charge in [0.15, 0.2) is 0 Å². The number of alkyl halides is 3. The smallest absolute Gasteiger partial charge is 0.426 e. The molecule has 0 amide bonds.